The zero-order valence-corrected chi connectivity index (χ0v) is 17.6. The molecule has 6 nitrogen and oxygen atoms in total. The van der Waals surface area contributed by atoms with Gasteiger partial charge in [-0.2, -0.15) is 0 Å². The van der Waals surface area contributed by atoms with E-state index in [2.05, 4.69) is 12.2 Å². The zero-order valence-electron chi connectivity index (χ0n) is 17.6. The van der Waals surface area contributed by atoms with E-state index in [1.54, 1.807) is 12.1 Å². The number of amides is 1. The number of carbonyl (C=O) groups excluding carboxylic acids is 1. The Morgan fingerprint density at radius 2 is 1.97 bits per heavy atom. The summed E-state index contributed by atoms with van der Waals surface area (Å²) < 4.78 is 25.6. The molecule has 1 aromatic rings. The molecule has 1 aliphatic carbocycles. The van der Waals surface area contributed by atoms with Crippen LogP contribution in [0.4, 0.5) is 4.39 Å². The van der Waals surface area contributed by atoms with Crippen LogP contribution in [-0.2, 0) is 30.6 Å². The molecular formula is C23H28FNO5. The number of benzene rings is 1. The highest BCUT2D eigenvalue weighted by molar-refractivity contribution is 5.92. The van der Waals surface area contributed by atoms with Crippen molar-refractivity contribution in [2.45, 2.75) is 70.7 Å². The van der Waals surface area contributed by atoms with Gasteiger partial charge in [0.2, 0.25) is 12.1 Å². The summed E-state index contributed by atoms with van der Waals surface area (Å²) in [5.74, 6) is -0.486. The van der Waals surface area contributed by atoms with Crippen LogP contribution in [0.2, 0.25) is 0 Å². The topological polar surface area (TPSA) is 66.0 Å². The highest BCUT2D eigenvalue weighted by Crippen LogP contribution is 2.60. The quantitative estimate of drug-likeness (QED) is 0.754. The van der Waals surface area contributed by atoms with E-state index in [4.69, 9.17) is 19.2 Å². The molecule has 0 radical (unpaired) electrons. The summed E-state index contributed by atoms with van der Waals surface area (Å²) in [5.41, 5.74) is 0.965. The van der Waals surface area contributed by atoms with Crippen molar-refractivity contribution in [3.05, 3.63) is 47.0 Å². The van der Waals surface area contributed by atoms with Crippen LogP contribution in [0.15, 0.2) is 35.6 Å². The van der Waals surface area contributed by atoms with Gasteiger partial charge in [0, 0.05) is 24.8 Å². The first kappa shape index (κ1) is 20.0. The number of fused-ring (bicyclic) bond motifs is 2. The first-order chi connectivity index (χ1) is 14.3. The minimum Gasteiger partial charge on any atom is -0.456 e. The van der Waals surface area contributed by atoms with Gasteiger partial charge in [0.05, 0.1) is 0 Å². The second kappa shape index (κ2) is 7.04. The van der Waals surface area contributed by atoms with Crippen molar-refractivity contribution < 1.29 is 28.4 Å². The smallest absolute Gasteiger partial charge is 0.286 e. The zero-order chi connectivity index (χ0) is 21.1. The average Bonchev–Trinajstić information content (AvgIpc) is 2.96. The molecule has 1 spiro atoms. The number of carbonyl (C=O) groups is 1. The van der Waals surface area contributed by atoms with Gasteiger partial charge in [0.25, 0.3) is 5.91 Å². The Kier molecular flexibility index (Phi) is 4.69. The van der Waals surface area contributed by atoms with Gasteiger partial charge < -0.3 is 14.8 Å². The maximum Gasteiger partial charge on any atom is 0.286 e. The molecule has 2 bridgehead atoms. The van der Waals surface area contributed by atoms with Crippen LogP contribution < -0.4 is 5.32 Å². The predicted molar refractivity (Wildman–Crippen MR) is 105 cm³/mol. The largest absolute Gasteiger partial charge is 0.456 e. The van der Waals surface area contributed by atoms with Crippen LogP contribution in [0.3, 0.4) is 0 Å². The molecule has 1 saturated carbocycles. The fourth-order valence-electron chi connectivity index (χ4n) is 5.71. The van der Waals surface area contributed by atoms with E-state index in [-0.39, 0.29) is 30.1 Å². The van der Waals surface area contributed by atoms with E-state index in [9.17, 15) is 9.18 Å². The van der Waals surface area contributed by atoms with Crippen LogP contribution in [0.5, 0.6) is 0 Å². The molecule has 162 valence electrons. The van der Waals surface area contributed by atoms with E-state index in [1.165, 1.54) is 12.1 Å². The van der Waals surface area contributed by atoms with Gasteiger partial charge in [-0.25, -0.2) is 14.2 Å². The summed E-state index contributed by atoms with van der Waals surface area (Å²) in [7, 11) is 0. The third-order valence-electron chi connectivity index (χ3n) is 7.40. The van der Waals surface area contributed by atoms with Crippen molar-refractivity contribution in [3.8, 4) is 0 Å². The number of hydrogen-bond acceptors (Lipinski definition) is 5. The molecule has 4 heterocycles. The van der Waals surface area contributed by atoms with Gasteiger partial charge in [0.15, 0.2) is 11.4 Å². The average molecular weight is 417 g/mol. The standard InChI is InChI=1S/C23H28FNO5/c1-13-4-9-18-14(2)19(20(26)25-12-15-5-7-16(24)8-6-15)27-21-23(18)17(13)10-11-22(3,28-21)29-30-23/h5-8,13,17-18,21H,4,9-12H2,1-3H3,(H,25,26)/t13-,17+,18+,21-,22-,23-/m1/s1. The lowest BCUT2D eigenvalue weighted by Crippen LogP contribution is -2.67. The monoisotopic (exact) mass is 417 g/mol. The van der Waals surface area contributed by atoms with E-state index in [0.29, 0.717) is 11.7 Å². The number of hydrogen-bond donors (Lipinski definition) is 1. The summed E-state index contributed by atoms with van der Waals surface area (Å²) >= 11 is 0. The van der Waals surface area contributed by atoms with E-state index >= 15 is 0 Å². The Labute approximate surface area is 175 Å². The maximum atomic E-state index is 13.1. The summed E-state index contributed by atoms with van der Waals surface area (Å²) in [5, 5.41) is 2.89. The van der Waals surface area contributed by atoms with Crippen molar-refractivity contribution in [1.29, 1.82) is 0 Å². The fraction of sp³-hybridized carbons (Fsp3) is 0.609. The highest BCUT2D eigenvalue weighted by atomic mass is 19.1. The third kappa shape index (κ3) is 2.98. The molecule has 0 unspecified atom stereocenters. The normalized spacial score (nSPS) is 39.7. The Balaban J connectivity index is 1.44. The lowest BCUT2D eigenvalue weighted by atomic mass is 9.59. The van der Waals surface area contributed by atoms with E-state index in [0.717, 1.165) is 36.8 Å². The third-order valence-corrected chi connectivity index (χ3v) is 7.40. The van der Waals surface area contributed by atoms with Gasteiger partial charge in [0.1, 0.15) is 5.82 Å². The van der Waals surface area contributed by atoms with Crippen LogP contribution in [0.1, 0.15) is 52.0 Å². The van der Waals surface area contributed by atoms with Gasteiger partial charge in [-0.3, -0.25) is 4.79 Å². The van der Waals surface area contributed by atoms with Crippen LogP contribution >= 0.6 is 0 Å². The lowest BCUT2D eigenvalue weighted by molar-refractivity contribution is -0.555. The summed E-state index contributed by atoms with van der Waals surface area (Å²) in [6.45, 7) is 6.34. The number of ether oxygens (including phenoxy) is 2. The summed E-state index contributed by atoms with van der Waals surface area (Å²) in [4.78, 5) is 24.9. The first-order valence-electron chi connectivity index (χ1n) is 10.8. The van der Waals surface area contributed by atoms with Crippen molar-refractivity contribution in [3.63, 3.8) is 0 Å². The van der Waals surface area contributed by atoms with Gasteiger partial charge >= 0.3 is 0 Å². The Hall–Kier alpha value is -1.96. The van der Waals surface area contributed by atoms with Crippen molar-refractivity contribution >= 4 is 5.91 Å². The van der Waals surface area contributed by atoms with Crippen molar-refractivity contribution in [1.82, 2.24) is 5.32 Å². The highest BCUT2D eigenvalue weighted by Gasteiger charge is 2.68. The van der Waals surface area contributed by atoms with E-state index < -0.39 is 17.7 Å². The predicted octanol–water partition coefficient (Wildman–Crippen LogP) is 3.96. The minimum atomic E-state index is -0.877. The molecule has 6 rings (SSSR count). The number of rotatable bonds is 3. The molecule has 4 fully saturated rings. The second-order valence-corrected chi connectivity index (χ2v) is 9.30. The van der Waals surface area contributed by atoms with Gasteiger partial charge in [-0.05, 0) is 62.3 Å². The minimum absolute atomic E-state index is 0.00771. The van der Waals surface area contributed by atoms with Gasteiger partial charge in [-0.15, -0.1) is 0 Å². The molecule has 3 saturated heterocycles. The molecule has 7 heteroatoms. The molecule has 4 aliphatic heterocycles. The lowest BCUT2D eigenvalue weighted by Gasteiger charge is -2.57. The molecular weight excluding hydrogens is 389 g/mol. The fourth-order valence-corrected chi connectivity index (χ4v) is 5.71. The summed E-state index contributed by atoms with van der Waals surface area (Å²) in [6.07, 6.45) is 2.93. The number of halogens is 1. The van der Waals surface area contributed by atoms with Crippen LogP contribution in [0, 0.1) is 23.6 Å². The SMILES string of the molecule is CC1=C(C(=O)NCc2ccc(F)cc2)O[C@@H]2O[C@@]3(C)CC[C@H]4[C@H](C)CC[C@@H]1[C@@]24OO3. The molecule has 30 heavy (non-hydrogen) atoms. The maximum absolute atomic E-state index is 13.1. The molecule has 6 atom stereocenters. The Morgan fingerprint density at radius 1 is 1.20 bits per heavy atom. The van der Waals surface area contributed by atoms with Crippen LogP contribution in [0.25, 0.3) is 0 Å². The Bertz CT molecular complexity index is 886. The number of nitrogens with one attached hydrogen (secondary N) is 1. The van der Waals surface area contributed by atoms with Crippen molar-refractivity contribution in [2.24, 2.45) is 17.8 Å². The van der Waals surface area contributed by atoms with Crippen LogP contribution in [-0.4, -0.2) is 23.6 Å². The molecule has 0 aromatic heterocycles. The second-order valence-electron chi connectivity index (χ2n) is 9.30. The Morgan fingerprint density at radius 3 is 2.73 bits per heavy atom. The molecule has 1 N–H and O–H groups in total. The first-order valence-corrected chi connectivity index (χ1v) is 10.8. The molecule has 1 amide bonds. The molecule has 5 aliphatic rings. The van der Waals surface area contributed by atoms with Crippen molar-refractivity contribution in [2.75, 3.05) is 0 Å². The van der Waals surface area contributed by atoms with E-state index in [1.807, 2.05) is 13.8 Å². The molecule has 1 aromatic carbocycles. The van der Waals surface area contributed by atoms with Gasteiger partial charge in [-0.1, -0.05) is 19.1 Å². The summed E-state index contributed by atoms with van der Waals surface area (Å²) in [6, 6.07) is 6.06.